The van der Waals surface area contributed by atoms with Crippen LogP contribution in [0.1, 0.15) is 32.3 Å². The van der Waals surface area contributed by atoms with Crippen LogP contribution in [0.4, 0.5) is 11.4 Å². The number of sulfonamides is 1. The van der Waals surface area contributed by atoms with Crippen LogP contribution in [0.15, 0.2) is 42.5 Å². The highest BCUT2D eigenvalue weighted by Crippen LogP contribution is 2.28. The quantitative estimate of drug-likeness (QED) is 0.309. The molecular formula is C23H28Cl2N4O6S. The minimum absolute atomic E-state index is 0.0562. The molecule has 0 heterocycles. The van der Waals surface area contributed by atoms with E-state index in [0.29, 0.717) is 18.5 Å². The van der Waals surface area contributed by atoms with Crippen molar-refractivity contribution in [3.8, 4) is 0 Å². The zero-order valence-electron chi connectivity index (χ0n) is 20.1. The summed E-state index contributed by atoms with van der Waals surface area (Å²) in [5.74, 6) is -1.11. The molecule has 0 aliphatic carbocycles. The molecule has 0 radical (unpaired) electrons. The Balaban J connectivity index is 2.52. The van der Waals surface area contributed by atoms with Crippen LogP contribution in [0.25, 0.3) is 0 Å². The van der Waals surface area contributed by atoms with Gasteiger partial charge in [0.2, 0.25) is 21.8 Å². The summed E-state index contributed by atoms with van der Waals surface area (Å²) in [6.45, 7) is 3.16. The van der Waals surface area contributed by atoms with Crippen LogP contribution in [-0.4, -0.2) is 55.4 Å². The molecule has 1 unspecified atom stereocenters. The maximum absolute atomic E-state index is 13.6. The third kappa shape index (κ3) is 7.55. The van der Waals surface area contributed by atoms with Crippen LogP contribution in [-0.2, 0) is 26.2 Å². The molecule has 1 N–H and O–H groups in total. The normalized spacial score (nSPS) is 12.0. The molecular weight excluding hydrogens is 531 g/mol. The van der Waals surface area contributed by atoms with Crippen molar-refractivity contribution in [3.05, 3.63) is 68.2 Å². The maximum atomic E-state index is 13.6. The number of hydrogen-bond donors (Lipinski definition) is 1. The molecule has 0 saturated carbocycles. The fourth-order valence-electron chi connectivity index (χ4n) is 3.51. The smallest absolute Gasteiger partial charge is 0.271 e. The first kappa shape index (κ1) is 29.3. The Bertz CT molecular complexity index is 1200. The molecule has 0 aliphatic heterocycles. The topological polar surface area (TPSA) is 130 Å². The number of nitro benzene ring substituents is 1. The summed E-state index contributed by atoms with van der Waals surface area (Å²) in [6, 6.07) is 8.83. The molecule has 1 atom stereocenters. The van der Waals surface area contributed by atoms with Gasteiger partial charge in [-0.15, -0.1) is 0 Å². The van der Waals surface area contributed by atoms with Gasteiger partial charge in [0.25, 0.3) is 5.69 Å². The van der Waals surface area contributed by atoms with Crippen LogP contribution in [0.5, 0.6) is 0 Å². The zero-order chi connectivity index (χ0) is 27.0. The van der Waals surface area contributed by atoms with Crippen LogP contribution in [0.2, 0.25) is 10.0 Å². The van der Waals surface area contributed by atoms with Gasteiger partial charge < -0.3 is 10.2 Å². The number of rotatable bonds is 12. The van der Waals surface area contributed by atoms with Gasteiger partial charge in [-0.2, -0.15) is 0 Å². The van der Waals surface area contributed by atoms with Gasteiger partial charge in [-0.25, -0.2) is 8.42 Å². The summed E-state index contributed by atoms with van der Waals surface area (Å²) in [4.78, 5) is 38.3. The van der Waals surface area contributed by atoms with Crippen LogP contribution >= 0.6 is 23.2 Å². The van der Waals surface area contributed by atoms with Gasteiger partial charge in [0.15, 0.2) is 0 Å². The van der Waals surface area contributed by atoms with Crippen molar-refractivity contribution in [2.75, 3.05) is 23.7 Å². The largest absolute Gasteiger partial charge is 0.354 e. The van der Waals surface area contributed by atoms with Crippen molar-refractivity contribution in [2.45, 2.75) is 39.3 Å². The molecule has 0 aliphatic rings. The Hall–Kier alpha value is -2.89. The summed E-state index contributed by atoms with van der Waals surface area (Å²) in [5, 5.41) is 14.5. The van der Waals surface area contributed by atoms with Crippen molar-refractivity contribution in [3.63, 3.8) is 0 Å². The Morgan fingerprint density at radius 1 is 1.11 bits per heavy atom. The minimum Gasteiger partial charge on any atom is -0.354 e. The SMILES string of the molecule is CCCNC(=O)C(CC)N(Cc1c(Cl)cccc1Cl)C(=O)CN(c1cccc([N+](=O)[O-])c1)S(C)(=O)=O. The number of hydrogen-bond acceptors (Lipinski definition) is 6. The molecule has 0 spiro atoms. The molecule has 13 heteroatoms. The summed E-state index contributed by atoms with van der Waals surface area (Å²) in [5.41, 5.74) is 0.00937. The number of halogens is 2. The Morgan fingerprint density at radius 3 is 2.25 bits per heavy atom. The molecule has 0 bridgehead atoms. The van der Waals surface area contributed by atoms with Crippen molar-refractivity contribution in [1.82, 2.24) is 10.2 Å². The number of nitro groups is 1. The molecule has 2 aromatic rings. The number of amides is 2. The number of carbonyl (C=O) groups excluding carboxylic acids is 2. The number of non-ortho nitro benzene ring substituents is 1. The molecule has 196 valence electrons. The van der Waals surface area contributed by atoms with Crippen molar-refractivity contribution < 1.29 is 22.9 Å². The second kappa shape index (κ2) is 12.9. The lowest BCUT2D eigenvalue weighted by Crippen LogP contribution is -2.52. The lowest BCUT2D eigenvalue weighted by Gasteiger charge is -2.33. The number of nitrogens with zero attached hydrogens (tertiary/aromatic N) is 3. The maximum Gasteiger partial charge on any atom is 0.271 e. The summed E-state index contributed by atoms with van der Waals surface area (Å²) >= 11 is 12.6. The van der Waals surface area contributed by atoms with Gasteiger partial charge in [0, 0.05) is 40.8 Å². The Kier molecular flexibility index (Phi) is 10.5. The zero-order valence-corrected chi connectivity index (χ0v) is 22.4. The van der Waals surface area contributed by atoms with Gasteiger partial charge in [-0.1, -0.05) is 49.2 Å². The standard InChI is InChI=1S/C23H28Cl2N4O6S/c1-4-12-26-23(31)21(5-2)27(14-18-19(24)10-7-11-20(18)25)22(30)15-28(36(3,34)35)16-8-6-9-17(13-16)29(32)33/h6-11,13,21H,4-5,12,14-15H2,1-3H3,(H,26,31). The molecule has 2 amide bonds. The molecule has 2 aromatic carbocycles. The monoisotopic (exact) mass is 558 g/mol. The second-order valence-electron chi connectivity index (χ2n) is 7.98. The van der Waals surface area contributed by atoms with Gasteiger partial charge in [0.05, 0.1) is 16.9 Å². The summed E-state index contributed by atoms with van der Waals surface area (Å²) < 4.78 is 26.0. The number of benzene rings is 2. The van der Waals surface area contributed by atoms with Crippen LogP contribution in [0, 0.1) is 10.1 Å². The highest BCUT2D eigenvalue weighted by molar-refractivity contribution is 7.92. The van der Waals surface area contributed by atoms with E-state index >= 15 is 0 Å². The first-order chi connectivity index (χ1) is 16.9. The molecule has 10 nitrogen and oxygen atoms in total. The van der Waals surface area contributed by atoms with Crippen molar-refractivity contribution in [2.24, 2.45) is 0 Å². The lowest BCUT2D eigenvalue weighted by molar-refractivity contribution is -0.384. The fourth-order valence-corrected chi connectivity index (χ4v) is 4.87. The second-order valence-corrected chi connectivity index (χ2v) is 10.7. The van der Waals surface area contributed by atoms with Crippen molar-refractivity contribution in [1.29, 1.82) is 0 Å². The van der Waals surface area contributed by atoms with E-state index in [1.807, 2.05) is 6.92 Å². The van der Waals surface area contributed by atoms with Crippen molar-refractivity contribution >= 4 is 56.4 Å². The third-order valence-corrected chi connectivity index (χ3v) is 7.18. The van der Waals surface area contributed by atoms with Gasteiger partial charge in [-0.3, -0.25) is 24.0 Å². The first-order valence-electron chi connectivity index (χ1n) is 11.1. The highest BCUT2D eigenvalue weighted by atomic mass is 35.5. The molecule has 2 rings (SSSR count). The van der Waals surface area contributed by atoms with Crippen LogP contribution in [0.3, 0.4) is 0 Å². The molecule has 0 aromatic heterocycles. The van der Waals surface area contributed by atoms with Gasteiger partial charge in [-0.05, 0) is 31.0 Å². The van der Waals surface area contributed by atoms with E-state index in [-0.39, 0.29) is 34.4 Å². The number of nitrogens with one attached hydrogen (secondary N) is 1. The molecule has 0 saturated heterocycles. The van der Waals surface area contributed by atoms with Gasteiger partial charge in [0.1, 0.15) is 12.6 Å². The molecule has 36 heavy (non-hydrogen) atoms. The first-order valence-corrected chi connectivity index (χ1v) is 13.7. The van der Waals surface area contributed by atoms with Crippen LogP contribution < -0.4 is 9.62 Å². The third-order valence-electron chi connectivity index (χ3n) is 5.33. The Morgan fingerprint density at radius 2 is 1.72 bits per heavy atom. The average Bonchev–Trinajstić information content (AvgIpc) is 2.81. The van der Waals surface area contributed by atoms with E-state index in [1.165, 1.54) is 23.1 Å². The summed E-state index contributed by atoms with van der Waals surface area (Å²) in [7, 11) is -4.03. The highest BCUT2D eigenvalue weighted by Gasteiger charge is 2.32. The Labute approximate surface area is 220 Å². The number of carbonyl (C=O) groups is 2. The molecule has 0 fully saturated rings. The lowest BCUT2D eigenvalue weighted by atomic mass is 10.1. The number of anilines is 1. The minimum atomic E-state index is -4.03. The van der Waals surface area contributed by atoms with E-state index in [9.17, 15) is 28.1 Å². The van der Waals surface area contributed by atoms with E-state index in [4.69, 9.17) is 23.2 Å². The average molecular weight is 559 g/mol. The van der Waals surface area contributed by atoms with E-state index in [0.717, 1.165) is 16.6 Å². The van der Waals surface area contributed by atoms with E-state index < -0.39 is 39.3 Å². The van der Waals surface area contributed by atoms with E-state index in [1.54, 1.807) is 25.1 Å². The summed E-state index contributed by atoms with van der Waals surface area (Å²) in [6.07, 6.45) is 1.81. The fraction of sp³-hybridized carbons (Fsp3) is 0.391. The predicted octanol–water partition coefficient (Wildman–Crippen LogP) is 4.00. The van der Waals surface area contributed by atoms with E-state index in [2.05, 4.69) is 5.32 Å². The predicted molar refractivity (Wildman–Crippen MR) is 140 cm³/mol. The van der Waals surface area contributed by atoms with Gasteiger partial charge >= 0.3 is 0 Å².